The maximum atomic E-state index is 12.9. The summed E-state index contributed by atoms with van der Waals surface area (Å²) in [5.74, 6) is -0.423. The molecule has 1 aliphatic rings. The van der Waals surface area contributed by atoms with Crippen LogP contribution in [0.25, 0.3) is 0 Å². The van der Waals surface area contributed by atoms with Crippen LogP contribution in [0.5, 0.6) is 0 Å². The molecule has 13 heteroatoms. The maximum absolute atomic E-state index is 12.9. The second-order valence-corrected chi connectivity index (χ2v) is 17.0. The summed E-state index contributed by atoms with van der Waals surface area (Å²) in [5, 5.41) is 30.7. The molecular formula is C49H84O12S. The molecule has 1 rings (SSSR count). The van der Waals surface area contributed by atoms with Gasteiger partial charge in [0.1, 0.15) is 30.5 Å². The molecule has 0 aromatic carbocycles. The first-order valence-corrected chi connectivity index (χ1v) is 25.1. The summed E-state index contributed by atoms with van der Waals surface area (Å²) in [6.45, 7) is 3.78. The number of hydrogen-bond donors (Lipinski definition) is 4. The van der Waals surface area contributed by atoms with Gasteiger partial charge in [0.25, 0.3) is 0 Å². The van der Waals surface area contributed by atoms with E-state index < -0.39 is 59.8 Å². The third-order valence-electron chi connectivity index (χ3n) is 10.3. The second kappa shape index (κ2) is 40.1. The van der Waals surface area contributed by atoms with Gasteiger partial charge in [-0.25, -0.2) is 4.18 Å². The van der Waals surface area contributed by atoms with Gasteiger partial charge in [-0.05, 0) is 83.5 Å². The molecule has 0 radical (unpaired) electrons. The monoisotopic (exact) mass is 897 g/mol. The van der Waals surface area contributed by atoms with Gasteiger partial charge in [-0.1, -0.05) is 151 Å². The average Bonchev–Trinajstić information content (AvgIpc) is 3.24. The fourth-order valence-corrected chi connectivity index (χ4v) is 7.26. The van der Waals surface area contributed by atoms with E-state index in [1.807, 2.05) is 0 Å². The molecule has 1 aliphatic heterocycles. The lowest BCUT2D eigenvalue weighted by Crippen LogP contribution is -2.60. The van der Waals surface area contributed by atoms with Gasteiger partial charge in [0.15, 0.2) is 6.29 Å². The zero-order valence-corrected chi connectivity index (χ0v) is 39.0. The first kappa shape index (κ1) is 57.6. The van der Waals surface area contributed by atoms with E-state index in [0.29, 0.717) is 13.0 Å². The molecule has 0 spiro atoms. The van der Waals surface area contributed by atoms with Gasteiger partial charge in [-0.3, -0.25) is 9.35 Å². The third-order valence-corrected chi connectivity index (χ3v) is 10.8. The summed E-state index contributed by atoms with van der Waals surface area (Å²) in [4.78, 5) is 12.9. The van der Waals surface area contributed by atoms with Gasteiger partial charge in [0.05, 0.1) is 19.8 Å². The number of allylic oxidation sites excluding steroid dienone is 12. The van der Waals surface area contributed by atoms with Crippen molar-refractivity contribution in [2.45, 2.75) is 205 Å². The topological polar surface area (TPSA) is 178 Å². The number of aliphatic hydroxyl groups is 3. The minimum atomic E-state index is -5.07. The summed E-state index contributed by atoms with van der Waals surface area (Å²) in [5.41, 5.74) is 0. The van der Waals surface area contributed by atoms with Crippen LogP contribution in [0, 0.1) is 0 Å². The fourth-order valence-electron chi connectivity index (χ4n) is 6.75. The number of esters is 1. The zero-order valence-electron chi connectivity index (χ0n) is 38.2. The maximum Gasteiger partial charge on any atom is 0.397 e. The molecule has 0 aromatic rings. The Hall–Kier alpha value is -2.46. The van der Waals surface area contributed by atoms with E-state index >= 15 is 0 Å². The smallest absolute Gasteiger partial charge is 0.397 e. The molecule has 0 saturated carbocycles. The van der Waals surface area contributed by atoms with E-state index in [-0.39, 0.29) is 19.6 Å². The Kier molecular flexibility index (Phi) is 37.2. The van der Waals surface area contributed by atoms with Crippen LogP contribution in [0.4, 0.5) is 0 Å². The van der Waals surface area contributed by atoms with Gasteiger partial charge in [-0.2, -0.15) is 8.42 Å². The molecule has 0 aromatic heterocycles. The lowest BCUT2D eigenvalue weighted by molar-refractivity contribution is -0.301. The third kappa shape index (κ3) is 33.1. The van der Waals surface area contributed by atoms with Crippen LogP contribution in [0.2, 0.25) is 0 Å². The van der Waals surface area contributed by atoms with Crippen LogP contribution in [0.3, 0.4) is 0 Å². The van der Waals surface area contributed by atoms with Crippen molar-refractivity contribution in [3.63, 3.8) is 0 Å². The second-order valence-electron chi connectivity index (χ2n) is 16.0. The molecule has 0 bridgehead atoms. The van der Waals surface area contributed by atoms with Crippen LogP contribution < -0.4 is 0 Å². The van der Waals surface area contributed by atoms with E-state index in [9.17, 15) is 28.5 Å². The number of ether oxygens (including phenoxy) is 4. The number of carbonyl (C=O) groups excluding carboxylic acids is 1. The molecule has 6 unspecified atom stereocenters. The number of aliphatic hydroxyl groups excluding tert-OH is 3. The standard InChI is InChI=1S/C49H84O12S/c1-3-5-7-9-11-13-15-17-19-20-21-22-23-24-25-26-28-30-32-34-36-38-45(51)59-43(41-57-39-37-35-33-31-29-27-18-16-14-12-10-8-6-4-2)42-58-49-47(53)48(61-62(54,55)56)46(52)44(40-50)60-49/h6,8,12,14-15,17-18,20-21,23-24,27,43-44,46-50,52-53H,3-5,7,9-11,13,16,19,22,25-26,28-42H2,1-2H3,(H,54,55,56)/b8-6-,14-12-,17-15-,21-20-,24-23-,27-18-. The van der Waals surface area contributed by atoms with E-state index in [2.05, 4.69) is 90.9 Å². The van der Waals surface area contributed by atoms with Crippen LogP contribution in [0.1, 0.15) is 168 Å². The van der Waals surface area contributed by atoms with Crippen molar-refractivity contribution in [3.8, 4) is 0 Å². The quantitative estimate of drug-likeness (QED) is 0.0198. The minimum absolute atomic E-state index is 0.0113. The Morgan fingerprint density at radius 3 is 1.63 bits per heavy atom. The molecule has 4 N–H and O–H groups in total. The number of unbranched alkanes of at least 4 members (excludes halogenated alkanes) is 15. The lowest BCUT2D eigenvalue weighted by Gasteiger charge is -2.41. The Balaban J connectivity index is 2.43. The predicted molar refractivity (Wildman–Crippen MR) is 248 cm³/mol. The fraction of sp³-hybridized carbons (Fsp3) is 0.735. The van der Waals surface area contributed by atoms with Crippen molar-refractivity contribution in [2.75, 3.05) is 26.4 Å². The molecule has 0 amide bonds. The van der Waals surface area contributed by atoms with Crippen molar-refractivity contribution < 1.29 is 56.2 Å². The summed E-state index contributed by atoms with van der Waals surface area (Å²) in [7, 11) is -5.07. The van der Waals surface area contributed by atoms with E-state index in [4.69, 9.17) is 23.5 Å². The normalized spacial score (nSPS) is 20.6. The minimum Gasteiger partial charge on any atom is -0.457 e. The van der Waals surface area contributed by atoms with E-state index in [0.717, 1.165) is 103 Å². The zero-order chi connectivity index (χ0) is 45.4. The predicted octanol–water partition coefficient (Wildman–Crippen LogP) is 10.3. The van der Waals surface area contributed by atoms with Gasteiger partial charge in [0.2, 0.25) is 0 Å². The van der Waals surface area contributed by atoms with Crippen molar-refractivity contribution in [1.82, 2.24) is 0 Å². The van der Waals surface area contributed by atoms with Crippen molar-refractivity contribution in [2.24, 2.45) is 0 Å². The Labute approximate surface area is 375 Å². The Morgan fingerprint density at radius 1 is 0.629 bits per heavy atom. The molecule has 1 fully saturated rings. The Morgan fingerprint density at radius 2 is 1.11 bits per heavy atom. The van der Waals surface area contributed by atoms with Gasteiger partial charge < -0.3 is 34.3 Å². The Bertz CT molecular complexity index is 1360. The molecule has 0 aliphatic carbocycles. The molecular weight excluding hydrogens is 813 g/mol. The highest BCUT2D eigenvalue weighted by atomic mass is 32.3. The SMILES string of the molecule is CC/C=C\C/C=C\C/C=C\CCCCCCOCC(COC1OC(CO)C(O)C(OS(=O)(=O)O)C1O)OC(=O)CCCCCCCC/C=C\C/C=C\C/C=C\CCCCCCC. The highest BCUT2D eigenvalue weighted by Crippen LogP contribution is 2.26. The molecule has 358 valence electrons. The van der Waals surface area contributed by atoms with Gasteiger partial charge >= 0.3 is 16.4 Å². The van der Waals surface area contributed by atoms with Crippen LogP contribution in [-0.2, 0) is 38.3 Å². The molecule has 6 atom stereocenters. The molecule has 1 heterocycles. The number of carbonyl (C=O) groups is 1. The summed E-state index contributed by atoms with van der Waals surface area (Å²) in [6, 6.07) is 0. The number of hydrogen-bond acceptors (Lipinski definition) is 11. The molecule has 12 nitrogen and oxygen atoms in total. The van der Waals surface area contributed by atoms with Gasteiger partial charge in [-0.15, -0.1) is 0 Å². The van der Waals surface area contributed by atoms with Crippen molar-refractivity contribution in [3.05, 3.63) is 72.9 Å². The van der Waals surface area contributed by atoms with Crippen molar-refractivity contribution in [1.29, 1.82) is 0 Å². The summed E-state index contributed by atoms with van der Waals surface area (Å²) >= 11 is 0. The van der Waals surface area contributed by atoms with Crippen LogP contribution >= 0.6 is 0 Å². The molecule has 1 saturated heterocycles. The molecule has 62 heavy (non-hydrogen) atoms. The van der Waals surface area contributed by atoms with Crippen molar-refractivity contribution >= 4 is 16.4 Å². The summed E-state index contributed by atoms with van der Waals surface area (Å²) < 4.78 is 59.1. The first-order chi connectivity index (χ1) is 30.1. The average molecular weight is 897 g/mol. The van der Waals surface area contributed by atoms with E-state index in [1.54, 1.807) is 0 Å². The van der Waals surface area contributed by atoms with Crippen LogP contribution in [-0.4, -0.2) is 97.5 Å². The summed E-state index contributed by atoms with van der Waals surface area (Å²) in [6.07, 6.45) is 42.2. The largest absolute Gasteiger partial charge is 0.457 e. The van der Waals surface area contributed by atoms with Crippen LogP contribution in [0.15, 0.2) is 72.9 Å². The first-order valence-electron chi connectivity index (χ1n) is 23.7. The highest BCUT2D eigenvalue weighted by Gasteiger charge is 2.48. The van der Waals surface area contributed by atoms with Gasteiger partial charge in [0, 0.05) is 13.0 Å². The number of rotatable bonds is 40. The highest BCUT2D eigenvalue weighted by molar-refractivity contribution is 7.80. The van der Waals surface area contributed by atoms with E-state index in [1.165, 1.54) is 38.5 Å². The lowest BCUT2D eigenvalue weighted by atomic mass is 9.99.